The third kappa shape index (κ3) is 5.07. The van der Waals surface area contributed by atoms with Crippen LogP contribution in [0.1, 0.15) is 30.6 Å². The Kier molecular flexibility index (Phi) is 6.81. The van der Waals surface area contributed by atoms with Crippen molar-refractivity contribution in [2.75, 3.05) is 39.9 Å². The molecule has 1 aromatic heterocycles. The van der Waals surface area contributed by atoms with Gasteiger partial charge in [-0.05, 0) is 19.9 Å². The number of carbonyl (C=O) groups is 2. The zero-order valence-corrected chi connectivity index (χ0v) is 14.6. The Hall–Kier alpha value is -1.86. The number of rotatable bonds is 7. The molecule has 7 nitrogen and oxygen atoms in total. The molecule has 0 N–H and O–H groups in total. The fraction of sp³-hybridized carbons (Fsp3) is 0.647. The molecule has 2 amide bonds. The summed E-state index contributed by atoms with van der Waals surface area (Å²) < 4.78 is 15.7. The minimum atomic E-state index is -0.155. The first kappa shape index (κ1) is 18.5. The van der Waals surface area contributed by atoms with Gasteiger partial charge in [0.05, 0.1) is 30.6 Å². The number of carbonyl (C=O) groups excluding carboxylic acids is 2. The zero-order valence-electron chi connectivity index (χ0n) is 14.6. The first-order chi connectivity index (χ1) is 11.5. The Morgan fingerprint density at radius 2 is 2.00 bits per heavy atom. The molecule has 24 heavy (non-hydrogen) atoms. The summed E-state index contributed by atoms with van der Waals surface area (Å²) in [4.78, 5) is 28.4. The number of furan rings is 1. The van der Waals surface area contributed by atoms with Gasteiger partial charge < -0.3 is 23.7 Å². The van der Waals surface area contributed by atoms with E-state index in [1.54, 1.807) is 18.1 Å². The van der Waals surface area contributed by atoms with Gasteiger partial charge in [-0.1, -0.05) is 0 Å². The van der Waals surface area contributed by atoms with E-state index in [9.17, 15) is 9.59 Å². The van der Waals surface area contributed by atoms with Crippen LogP contribution >= 0.6 is 0 Å². The van der Waals surface area contributed by atoms with Crippen LogP contribution in [0.5, 0.6) is 0 Å². The van der Waals surface area contributed by atoms with Crippen molar-refractivity contribution >= 4 is 11.8 Å². The van der Waals surface area contributed by atoms with Gasteiger partial charge in [0, 0.05) is 39.7 Å². The maximum Gasteiger partial charge on any atom is 0.257 e. The van der Waals surface area contributed by atoms with Crippen LogP contribution in [0.2, 0.25) is 0 Å². The number of methoxy groups -OCH3 is 1. The summed E-state index contributed by atoms with van der Waals surface area (Å²) in [5.41, 5.74) is 0.479. The maximum atomic E-state index is 12.5. The summed E-state index contributed by atoms with van der Waals surface area (Å²) in [6.45, 7) is 6.32. The van der Waals surface area contributed by atoms with Crippen LogP contribution in [0.4, 0.5) is 0 Å². The molecule has 0 radical (unpaired) electrons. The predicted octanol–water partition coefficient (Wildman–Crippen LogP) is 1.39. The fourth-order valence-corrected chi connectivity index (χ4v) is 2.86. The van der Waals surface area contributed by atoms with Crippen LogP contribution in [-0.2, 0) is 14.3 Å². The third-order valence-electron chi connectivity index (χ3n) is 3.99. The standard InChI is InChI=1S/C17H26N2O5/c1-13-10-19(11-14(2)24-13)16(20)4-6-18(7-9-22-3)17(21)15-5-8-23-12-15/h5,8,12-14H,4,6-7,9-11H2,1-3H3. The molecule has 0 saturated carbocycles. The van der Waals surface area contributed by atoms with Crippen molar-refractivity contribution < 1.29 is 23.5 Å². The molecule has 2 atom stereocenters. The third-order valence-corrected chi connectivity index (χ3v) is 3.99. The van der Waals surface area contributed by atoms with E-state index < -0.39 is 0 Å². The molecular formula is C17H26N2O5. The Labute approximate surface area is 142 Å². The van der Waals surface area contributed by atoms with Crippen LogP contribution in [-0.4, -0.2) is 73.7 Å². The van der Waals surface area contributed by atoms with Gasteiger partial charge in [0.15, 0.2) is 0 Å². The minimum Gasteiger partial charge on any atom is -0.472 e. The minimum absolute atomic E-state index is 0.0369. The second-order valence-electron chi connectivity index (χ2n) is 6.10. The molecule has 1 saturated heterocycles. The van der Waals surface area contributed by atoms with Crippen molar-refractivity contribution in [3.05, 3.63) is 24.2 Å². The van der Waals surface area contributed by atoms with E-state index in [2.05, 4.69) is 0 Å². The highest BCUT2D eigenvalue weighted by atomic mass is 16.5. The number of hydrogen-bond donors (Lipinski definition) is 0. The lowest BCUT2D eigenvalue weighted by molar-refractivity contribution is -0.143. The second-order valence-corrected chi connectivity index (χ2v) is 6.10. The normalized spacial score (nSPS) is 20.9. The van der Waals surface area contributed by atoms with Crippen molar-refractivity contribution in [1.29, 1.82) is 0 Å². The molecule has 1 aliphatic rings. The highest BCUT2D eigenvalue weighted by molar-refractivity contribution is 5.94. The molecule has 1 aliphatic heterocycles. The molecule has 2 unspecified atom stereocenters. The predicted molar refractivity (Wildman–Crippen MR) is 87.7 cm³/mol. The Morgan fingerprint density at radius 1 is 1.29 bits per heavy atom. The summed E-state index contributed by atoms with van der Waals surface area (Å²) in [6, 6.07) is 1.62. The van der Waals surface area contributed by atoms with Gasteiger partial charge in [0.2, 0.25) is 5.91 Å². The van der Waals surface area contributed by atoms with E-state index in [1.165, 1.54) is 12.5 Å². The highest BCUT2D eigenvalue weighted by Crippen LogP contribution is 2.13. The second kappa shape index (κ2) is 8.84. The molecule has 134 valence electrons. The molecule has 1 fully saturated rings. The first-order valence-electron chi connectivity index (χ1n) is 8.25. The molecule has 7 heteroatoms. The molecule has 0 aliphatic carbocycles. The number of hydrogen-bond acceptors (Lipinski definition) is 5. The lowest BCUT2D eigenvalue weighted by atomic mass is 10.2. The summed E-state index contributed by atoms with van der Waals surface area (Å²) in [7, 11) is 1.59. The van der Waals surface area contributed by atoms with Gasteiger partial charge in [0.1, 0.15) is 6.26 Å². The quantitative estimate of drug-likeness (QED) is 0.751. The molecule has 2 rings (SSSR count). The average Bonchev–Trinajstić information content (AvgIpc) is 3.07. The summed E-state index contributed by atoms with van der Waals surface area (Å²) in [6.07, 6.45) is 3.23. The van der Waals surface area contributed by atoms with Gasteiger partial charge in [-0.25, -0.2) is 0 Å². The van der Waals surface area contributed by atoms with E-state index >= 15 is 0 Å². The average molecular weight is 338 g/mol. The van der Waals surface area contributed by atoms with Crippen molar-refractivity contribution in [3.8, 4) is 0 Å². The lowest BCUT2D eigenvalue weighted by Gasteiger charge is -2.35. The zero-order chi connectivity index (χ0) is 17.5. The van der Waals surface area contributed by atoms with E-state index in [0.717, 1.165) is 0 Å². The van der Waals surface area contributed by atoms with Crippen molar-refractivity contribution in [1.82, 2.24) is 9.80 Å². The van der Waals surface area contributed by atoms with E-state index in [-0.39, 0.29) is 30.4 Å². The van der Waals surface area contributed by atoms with Gasteiger partial charge in [0.25, 0.3) is 5.91 Å². The number of ether oxygens (including phenoxy) is 2. The molecule has 0 aromatic carbocycles. The summed E-state index contributed by atoms with van der Waals surface area (Å²) in [5.74, 6) is -0.114. The monoisotopic (exact) mass is 338 g/mol. The Morgan fingerprint density at radius 3 is 2.58 bits per heavy atom. The molecule has 1 aromatic rings. The van der Waals surface area contributed by atoms with E-state index in [1.807, 2.05) is 18.7 Å². The molecule has 2 heterocycles. The highest BCUT2D eigenvalue weighted by Gasteiger charge is 2.26. The van der Waals surface area contributed by atoms with Crippen molar-refractivity contribution in [2.45, 2.75) is 32.5 Å². The van der Waals surface area contributed by atoms with E-state index in [4.69, 9.17) is 13.9 Å². The van der Waals surface area contributed by atoms with Crippen LogP contribution in [0.3, 0.4) is 0 Å². The van der Waals surface area contributed by atoms with Crippen molar-refractivity contribution in [3.63, 3.8) is 0 Å². The van der Waals surface area contributed by atoms with Gasteiger partial charge in [-0.3, -0.25) is 9.59 Å². The van der Waals surface area contributed by atoms with Crippen LogP contribution in [0.25, 0.3) is 0 Å². The smallest absolute Gasteiger partial charge is 0.257 e. The van der Waals surface area contributed by atoms with Gasteiger partial charge >= 0.3 is 0 Å². The topological polar surface area (TPSA) is 72.2 Å². The van der Waals surface area contributed by atoms with Crippen LogP contribution < -0.4 is 0 Å². The van der Waals surface area contributed by atoms with E-state index in [0.29, 0.717) is 38.3 Å². The van der Waals surface area contributed by atoms with Crippen molar-refractivity contribution in [2.24, 2.45) is 0 Å². The number of amides is 2. The SMILES string of the molecule is COCCN(CCC(=O)N1CC(C)OC(C)C1)C(=O)c1ccoc1. The largest absolute Gasteiger partial charge is 0.472 e. The summed E-state index contributed by atoms with van der Waals surface area (Å²) in [5, 5.41) is 0. The Balaban J connectivity index is 1.91. The van der Waals surface area contributed by atoms with Crippen LogP contribution in [0, 0.1) is 0 Å². The Bertz CT molecular complexity index is 521. The molecule has 0 spiro atoms. The van der Waals surface area contributed by atoms with Gasteiger partial charge in [-0.15, -0.1) is 0 Å². The summed E-state index contributed by atoms with van der Waals surface area (Å²) >= 11 is 0. The first-order valence-corrected chi connectivity index (χ1v) is 8.25. The number of morpholine rings is 1. The molecular weight excluding hydrogens is 312 g/mol. The lowest BCUT2D eigenvalue weighted by Crippen LogP contribution is -2.49. The maximum absolute atomic E-state index is 12.5. The number of nitrogens with zero attached hydrogens (tertiary/aromatic N) is 2. The fourth-order valence-electron chi connectivity index (χ4n) is 2.86. The molecule has 0 bridgehead atoms. The van der Waals surface area contributed by atoms with Gasteiger partial charge in [-0.2, -0.15) is 0 Å². The van der Waals surface area contributed by atoms with Crippen LogP contribution in [0.15, 0.2) is 23.0 Å².